The van der Waals surface area contributed by atoms with Gasteiger partial charge in [0, 0.05) is 33.2 Å². The number of benzene rings is 8. The van der Waals surface area contributed by atoms with Gasteiger partial charge in [-0.15, -0.1) is 0 Å². The zero-order valence-corrected chi connectivity index (χ0v) is 30.0. The number of hydrogen-bond acceptors (Lipinski definition) is 2. The van der Waals surface area contributed by atoms with E-state index in [1.54, 1.807) is 0 Å². The summed E-state index contributed by atoms with van der Waals surface area (Å²) in [5.41, 5.74) is 15.3. The fourth-order valence-corrected chi connectivity index (χ4v) is 7.74. The van der Waals surface area contributed by atoms with Crippen LogP contribution in [0.3, 0.4) is 0 Å². The first kappa shape index (κ1) is 32.3. The van der Waals surface area contributed by atoms with Crippen molar-refractivity contribution in [2.24, 2.45) is 0 Å². The smallest absolute Gasteiger partial charge is 0.160 e. The van der Waals surface area contributed by atoms with Gasteiger partial charge >= 0.3 is 0 Å². The minimum atomic E-state index is 0.697. The predicted molar refractivity (Wildman–Crippen MR) is 229 cm³/mol. The number of aromatic nitrogens is 3. The fraction of sp³-hybridized carbons (Fsp3) is 0. The Kier molecular flexibility index (Phi) is 8.16. The molecule has 10 rings (SSSR count). The van der Waals surface area contributed by atoms with E-state index in [4.69, 9.17) is 9.97 Å². The zero-order chi connectivity index (χ0) is 36.6. The maximum atomic E-state index is 5.20. The van der Waals surface area contributed by atoms with Crippen LogP contribution in [0, 0.1) is 0 Å². The molecule has 0 fully saturated rings. The Morgan fingerprint density at radius 2 is 0.818 bits per heavy atom. The number of fused-ring (bicyclic) bond motifs is 3. The van der Waals surface area contributed by atoms with Gasteiger partial charge in [0.25, 0.3) is 0 Å². The third-order valence-electron chi connectivity index (χ3n) is 10.4. The molecule has 2 aromatic heterocycles. The molecule has 2 heterocycles. The van der Waals surface area contributed by atoms with Crippen LogP contribution in [-0.4, -0.2) is 14.5 Å². The van der Waals surface area contributed by atoms with E-state index >= 15 is 0 Å². The molecule has 55 heavy (non-hydrogen) atoms. The molecule has 0 aliphatic carbocycles. The topological polar surface area (TPSA) is 30.7 Å². The van der Waals surface area contributed by atoms with Crippen molar-refractivity contribution in [2.45, 2.75) is 0 Å². The van der Waals surface area contributed by atoms with Crippen LogP contribution in [0.1, 0.15) is 0 Å². The molecule has 0 atom stereocenters. The van der Waals surface area contributed by atoms with Crippen molar-refractivity contribution in [2.75, 3.05) is 0 Å². The summed E-state index contributed by atoms with van der Waals surface area (Å²) >= 11 is 0. The minimum Gasteiger partial charge on any atom is -0.309 e. The number of hydrogen-bond donors (Lipinski definition) is 0. The summed E-state index contributed by atoms with van der Waals surface area (Å²) in [6, 6.07) is 75.1. The third kappa shape index (κ3) is 6.08. The van der Waals surface area contributed by atoms with Gasteiger partial charge < -0.3 is 4.57 Å². The second-order valence-corrected chi connectivity index (χ2v) is 13.8. The molecule has 0 aliphatic rings. The molecule has 258 valence electrons. The molecule has 0 spiro atoms. The van der Waals surface area contributed by atoms with Crippen molar-refractivity contribution in [1.82, 2.24) is 14.5 Å². The van der Waals surface area contributed by atoms with Crippen LogP contribution < -0.4 is 0 Å². The molecule has 0 bridgehead atoms. The minimum absolute atomic E-state index is 0.697. The first-order valence-corrected chi connectivity index (χ1v) is 18.7. The van der Waals surface area contributed by atoms with Crippen molar-refractivity contribution in [3.8, 4) is 73.0 Å². The van der Waals surface area contributed by atoms with Crippen LogP contribution >= 0.6 is 0 Å². The summed E-state index contributed by atoms with van der Waals surface area (Å²) in [7, 11) is 0. The monoisotopic (exact) mass is 701 g/mol. The lowest BCUT2D eigenvalue weighted by Crippen LogP contribution is -1.98. The highest BCUT2D eigenvalue weighted by molar-refractivity contribution is 6.17. The molecule has 0 saturated carbocycles. The second kappa shape index (κ2) is 13.9. The van der Waals surface area contributed by atoms with E-state index in [0.717, 1.165) is 44.8 Å². The van der Waals surface area contributed by atoms with E-state index in [2.05, 4.69) is 193 Å². The maximum absolute atomic E-state index is 5.20. The fourth-order valence-electron chi connectivity index (χ4n) is 7.74. The number of rotatable bonds is 7. The normalized spacial score (nSPS) is 11.3. The van der Waals surface area contributed by atoms with Crippen LogP contribution in [0.15, 0.2) is 212 Å². The first-order chi connectivity index (χ1) is 27.3. The summed E-state index contributed by atoms with van der Waals surface area (Å²) in [4.78, 5) is 10.3. The Labute approximate surface area is 320 Å². The van der Waals surface area contributed by atoms with E-state index in [1.165, 1.54) is 44.2 Å². The van der Waals surface area contributed by atoms with E-state index < -0.39 is 0 Å². The molecule has 0 unspecified atom stereocenters. The summed E-state index contributed by atoms with van der Waals surface area (Å²) in [5.74, 6) is 0.697. The molecule has 8 aromatic carbocycles. The second-order valence-electron chi connectivity index (χ2n) is 13.8. The number of nitrogens with zero attached hydrogens (tertiary/aromatic N) is 3. The molecule has 0 radical (unpaired) electrons. The SMILES string of the molecule is c1ccc(-c2ccc(-c3cc(-c4cccc(-n5c6ccccc6c6c(-c7ccccc7)cc(-c7ccccc7)cc65)c4)nc(-c4ccccc4)n3)cc2)cc1. The van der Waals surface area contributed by atoms with Gasteiger partial charge in [0.2, 0.25) is 0 Å². The van der Waals surface area contributed by atoms with Gasteiger partial charge in [0.1, 0.15) is 0 Å². The Balaban J connectivity index is 1.16. The van der Waals surface area contributed by atoms with Crippen LogP contribution in [0.4, 0.5) is 0 Å². The first-order valence-electron chi connectivity index (χ1n) is 18.7. The van der Waals surface area contributed by atoms with Crippen LogP contribution in [0.5, 0.6) is 0 Å². The molecule has 10 aromatic rings. The lowest BCUT2D eigenvalue weighted by Gasteiger charge is -2.14. The highest BCUT2D eigenvalue weighted by Gasteiger charge is 2.19. The predicted octanol–water partition coefficient (Wildman–Crippen LogP) is 13.6. The number of para-hydroxylation sites is 1. The molecule has 0 amide bonds. The third-order valence-corrected chi connectivity index (χ3v) is 10.4. The lowest BCUT2D eigenvalue weighted by atomic mass is 9.94. The zero-order valence-electron chi connectivity index (χ0n) is 30.0. The quantitative estimate of drug-likeness (QED) is 0.166. The van der Waals surface area contributed by atoms with Gasteiger partial charge in [0.05, 0.1) is 22.4 Å². The highest BCUT2D eigenvalue weighted by atomic mass is 15.0. The Hall–Kier alpha value is -7.36. The standard InChI is InChI=1S/C52H35N3/c1-5-16-36(17-6-1)38-28-30-40(31-29-38)47-35-48(54-52(53-47)41-22-11-4-12-23-41)42-24-15-25-44(32-42)55-49-27-14-13-26-45(49)51-46(39-20-9-3-10-21-39)33-43(34-50(51)55)37-18-7-2-8-19-37/h1-35H. The van der Waals surface area contributed by atoms with E-state index in [0.29, 0.717) is 5.82 Å². The molecule has 3 nitrogen and oxygen atoms in total. The Morgan fingerprint density at radius 3 is 1.49 bits per heavy atom. The molecule has 0 aliphatic heterocycles. The summed E-state index contributed by atoms with van der Waals surface area (Å²) in [6.45, 7) is 0. The lowest BCUT2D eigenvalue weighted by molar-refractivity contribution is 1.16. The summed E-state index contributed by atoms with van der Waals surface area (Å²) in [6.07, 6.45) is 0. The van der Waals surface area contributed by atoms with Gasteiger partial charge in [-0.05, 0) is 69.8 Å². The van der Waals surface area contributed by atoms with Crippen molar-refractivity contribution in [1.29, 1.82) is 0 Å². The maximum Gasteiger partial charge on any atom is 0.160 e. The van der Waals surface area contributed by atoms with Crippen molar-refractivity contribution < 1.29 is 0 Å². The van der Waals surface area contributed by atoms with Gasteiger partial charge in [-0.2, -0.15) is 0 Å². The van der Waals surface area contributed by atoms with E-state index in [-0.39, 0.29) is 0 Å². The van der Waals surface area contributed by atoms with E-state index in [9.17, 15) is 0 Å². The van der Waals surface area contributed by atoms with Crippen LogP contribution in [0.25, 0.3) is 94.8 Å². The van der Waals surface area contributed by atoms with Crippen LogP contribution in [-0.2, 0) is 0 Å². The molecular formula is C52H35N3. The van der Waals surface area contributed by atoms with Gasteiger partial charge in [0.15, 0.2) is 5.82 Å². The summed E-state index contributed by atoms with van der Waals surface area (Å²) in [5, 5.41) is 2.46. The largest absolute Gasteiger partial charge is 0.309 e. The van der Waals surface area contributed by atoms with Crippen molar-refractivity contribution in [3.63, 3.8) is 0 Å². The highest BCUT2D eigenvalue weighted by Crippen LogP contribution is 2.42. The molecule has 0 N–H and O–H groups in total. The average Bonchev–Trinajstić information content (AvgIpc) is 3.61. The van der Waals surface area contributed by atoms with Gasteiger partial charge in [-0.25, -0.2) is 9.97 Å². The molecule has 3 heteroatoms. The Morgan fingerprint density at radius 1 is 0.309 bits per heavy atom. The summed E-state index contributed by atoms with van der Waals surface area (Å²) < 4.78 is 2.41. The van der Waals surface area contributed by atoms with E-state index in [1.807, 2.05) is 24.3 Å². The van der Waals surface area contributed by atoms with Gasteiger partial charge in [-0.1, -0.05) is 176 Å². The Bertz CT molecular complexity index is 2930. The van der Waals surface area contributed by atoms with Crippen LogP contribution in [0.2, 0.25) is 0 Å². The molecular weight excluding hydrogens is 667 g/mol. The van der Waals surface area contributed by atoms with Crippen molar-refractivity contribution in [3.05, 3.63) is 212 Å². The van der Waals surface area contributed by atoms with Crippen molar-refractivity contribution >= 4 is 21.8 Å². The van der Waals surface area contributed by atoms with Gasteiger partial charge in [-0.3, -0.25) is 0 Å². The average molecular weight is 702 g/mol. The molecule has 0 saturated heterocycles.